The standard InChI is InChI=1S/C28H33N7O/c1-4-12-29-16-25-31-14-23(34-25)20-8-6-19(7-9-20)21-10-11-22(28-27(21)33-18(3)36-28)24-15-32-26(35-24)17-30-13-5-2/h6-11,14-15,29-30H,4-5,12-13,16-17H2,1-3H3,(H,31,34)(H,32,35). The van der Waals surface area contributed by atoms with E-state index >= 15 is 0 Å². The van der Waals surface area contributed by atoms with Crippen LogP contribution in [0.1, 0.15) is 44.2 Å². The third-order valence-electron chi connectivity index (χ3n) is 6.14. The molecule has 0 amide bonds. The number of hydrogen-bond acceptors (Lipinski definition) is 6. The molecule has 0 saturated carbocycles. The molecule has 5 rings (SSSR count). The van der Waals surface area contributed by atoms with Crippen molar-refractivity contribution in [2.24, 2.45) is 0 Å². The summed E-state index contributed by atoms with van der Waals surface area (Å²) in [7, 11) is 0. The van der Waals surface area contributed by atoms with Gasteiger partial charge in [0.05, 0.1) is 36.9 Å². The Hall–Kier alpha value is -3.75. The summed E-state index contributed by atoms with van der Waals surface area (Å²) < 4.78 is 6.07. The Labute approximate surface area is 211 Å². The van der Waals surface area contributed by atoms with E-state index in [1.807, 2.05) is 19.3 Å². The Morgan fingerprint density at radius 1 is 0.750 bits per heavy atom. The third kappa shape index (κ3) is 5.10. The molecule has 8 nitrogen and oxygen atoms in total. The molecule has 0 aliphatic carbocycles. The van der Waals surface area contributed by atoms with E-state index in [-0.39, 0.29) is 0 Å². The van der Waals surface area contributed by atoms with Crippen LogP contribution in [0.3, 0.4) is 0 Å². The summed E-state index contributed by atoms with van der Waals surface area (Å²) in [5.41, 5.74) is 7.73. The molecule has 5 aromatic rings. The normalized spacial score (nSPS) is 11.5. The fourth-order valence-corrected chi connectivity index (χ4v) is 4.34. The zero-order valence-electron chi connectivity index (χ0n) is 21.1. The number of oxazole rings is 1. The lowest BCUT2D eigenvalue weighted by Crippen LogP contribution is -2.14. The summed E-state index contributed by atoms with van der Waals surface area (Å²) in [5.74, 6) is 2.49. The van der Waals surface area contributed by atoms with Crippen LogP contribution in [0.5, 0.6) is 0 Å². The molecule has 0 atom stereocenters. The van der Waals surface area contributed by atoms with Crippen molar-refractivity contribution >= 4 is 11.1 Å². The van der Waals surface area contributed by atoms with Crippen molar-refractivity contribution in [1.29, 1.82) is 0 Å². The average Bonchev–Trinajstić information content (AvgIpc) is 3.64. The maximum absolute atomic E-state index is 6.07. The lowest BCUT2D eigenvalue weighted by atomic mass is 9.99. The van der Waals surface area contributed by atoms with Crippen LogP contribution >= 0.6 is 0 Å². The predicted octanol–water partition coefficient (Wildman–Crippen LogP) is 5.58. The van der Waals surface area contributed by atoms with Crippen LogP contribution < -0.4 is 10.6 Å². The Balaban J connectivity index is 1.40. The number of hydrogen-bond donors (Lipinski definition) is 4. The lowest BCUT2D eigenvalue weighted by Gasteiger charge is -2.07. The minimum Gasteiger partial charge on any atom is -0.440 e. The number of fused-ring (bicyclic) bond motifs is 1. The number of benzene rings is 2. The number of aryl methyl sites for hydroxylation is 1. The Bertz CT molecular complexity index is 1430. The summed E-state index contributed by atoms with van der Waals surface area (Å²) in [6.07, 6.45) is 5.95. The molecule has 186 valence electrons. The summed E-state index contributed by atoms with van der Waals surface area (Å²) in [5, 5.41) is 6.75. The van der Waals surface area contributed by atoms with Gasteiger partial charge in [-0.1, -0.05) is 44.2 Å². The van der Waals surface area contributed by atoms with Crippen LogP contribution in [-0.2, 0) is 13.1 Å². The van der Waals surface area contributed by atoms with Crippen molar-refractivity contribution in [2.75, 3.05) is 13.1 Å². The van der Waals surface area contributed by atoms with E-state index in [0.29, 0.717) is 12.4 Å². The van der Waals surface area contributed by atoms with E-state index in [1.165, 1.54) is 0 Å². The van der Waals surface area contributed by atoms with Crippen molar-refractivity contribution in [1.82, 2.24) is 35.6 Å². The van der Waals surface area contributed by atoms with Gasteiger partial charge in [-0.3, -0.25) is 0 Å². The van der Waals surface area contributed by atoms with Gasteiger partial charge in [0, 0.05) is 18.1 Å². The number of aromatic nitrogens is 5. The molecule has 36 heavy (non-hydrogen) atoms. The number of rotatable bonds is 11. The molecule has 0 unspecified atom stereocenters. The first-order valence-corrected chi connectivity index (χ1v) is 12.7. The second-order valence-corrected chi connectivity index (χ2v) is 8.99. The highest BCUT2D eigenvalue weighted by molar-refractivity contribution is 5.99. The monoisotopic (exact) mass is 483 g/mol. The van der Waals surface area contributed by atoms with Gasteiger partial charge in [0.1, 0.15) is 17.2 Å². The van der Waals surface area contributed by atoms with Crippen molar-refractivity contribution in [3.63, 3.8) is 0 Å². The third-order valence-corrected chi connectivity index (χ3v) is 6.14. The van der Waals surface area contributed by atoms with E-state index in [2.05, 4.69) is 80.8 Å². The summed E-state index contributed by atoms with van der Waals surface area (Å²) in [4.78, 5) is 20.6. The number of aromatic amines is 2. The zero-order valence-corrected chi connectivity index (χ0v) is 21.1. The smallest absolute Gasteiger partial charge is 0.192 e. The van der Waals surface area contributed by atoms with Crippen LogP contribution in [0.2, 0.25) is 0 Å². The van der Waals surface area contributed by atoms with Gasteiger partial charge in [-0.05, 0) is 43.1 Å². The second kappa shape index (κ2) is 10.9. The highest BCUT2D eigenvalue weighted by atomic mass is 16.3. The van der Waals surface area contributed by atoms with Gasteiger partial charge in [-0.2, -0.15) is 0 Å². The van der Waals surface area contributed by atoms with Crippen LogP contribution in [-0.4, -0.2) is 38.0 Å². The highest BCUT2D eigenvalue weighted by Crippen LogP contribution is 2.36. The molecule has 0 aliphatic heterocycles. The highest BCUT2D eigenvalue weighted by Gasteiger charge is 2.17. The Morgan fingerprint density at radius 2 is 1.33 bits per heavy atom. The Kier molecular flexibility index (Phi) is 7.25. The van der Waals surface area contributed by atoms with Gasteiger partial charge < -0.3 is 25.0 Å². The molecular weight excluding hydrogens is 450 g/mol. The van der Waals surface area contributed by atoms with Gasteiger partial charge in [0.25, 0.3) is 0 Å². The SMILES string of the molecule is CCCNCc1ncc(-c2ccc(-c3ccc(-c4cnc(CNCCC)[nH]4)c4oc(C)nc34)cc2)[nH]1. The van der Waals surface area contributed by atoms with Crippen molar-refractivity contribution < 1.29 is 4.42 Å². The fourth-order valence-electron chi connectivity index (χ4n) is 4.34. The topological polar surface area (TPSA) is 107 Å². The summed E-state index contributed by atoms with van der Waals surface area (Å²) in [6.45, 7) is 9.60. The molecule has 3 heterocycles. The quantitative estimate of drug-likeness (QED) is 0.183. The zero-order chi connectivity index (χ0) is 24.9. The maximum Gasteiger partial charge on any atom is 0.192 e. The molecule has 0 radical (unpaired) electrons. The molecule has 0 bridgehead atoms. The van der Waals surface area contributed by atoms with Gasteiger partial charge in [0.15, 0.2) is 11.5 Å². The minimum absolute atomic E-state index is 0.640. The van der Waals surface area contributed by atoms with Crippen molar-refractivity contribution in [3.8, 4) is 33.6 Å². The van der Waals surface area contributed by atoms with E-state index in [0.717, 1.165) is 88.9 Å². The van der Waals surface area contributed by atoms with E-state index in [4.69, 9.17) is 9.40 Å². The average molecular weight is 484 g/mol. The predicted molar refractivity (Wildman–Crippen MR) is 143 cm³/mol. The van der Waals surface area contributed by atoms with Crippen LogP contribution in [0.25, 0.3) is 44.7 Å². The largest absolute Gasteiger partial charge is 0.440 e. The van der Waals surface area contributed by atoms with Gasteiger partial charge >= 0.3 is 0 Å². The minimum atomic E-state index is 0.640. The first-order valence-electron chi connectivity index (χ1n) is 12.7. The number of imidazole rings is 2. The Morgan fingerprint density at radius 3 is 2.00 bits per heavy atom. The van der Waals surface area contributed by atoms with E-state index in [1.54, 1.807) is 0 Å². The van der Waals surface area contributed by atoms with Gasteiger partial charge in [0.2, 0.25) is 0 Å². The number of H-pyrrole nitrogens is 2. The van der Waals surface area contributed by atoms with Crippen molar-refractivity contribution in [2.45, 2.75) is 46.7 Å². The molecule has 0 spiro atoms. The summed E-state index contributed by atoms with van der Waals surface area (Å²) in [6, 6.07) is 12.7. The van der Waals surface area contributed by atoms with E-state index < -0.39 is 0 Å². The number of nitrogens with zero attached hydrogens (tertiary/aromatic N) is 3. The molecule has 4 N–H and O–H groups in total. The molecule has 0 fully saturated rings. The van der Waals surface area contributed by atoms with E-state index in [9.17, 15) is 0 Å². The van der Waals surface area contributed by atoms with Gasteiger partial charge in [-0.25, -0.2) is 15.0 Å². The molecular formula is C28H33N7O. The first kappa shape index (κ1) is 24.0. The fraction of sp³-hybridized carbons (Fsp3) is 0.321. The van der Waals surface area contributed by atoms with Crippen LogP contribution in [0.4, 0.5) is 0 Å². The summed E-state index contributed by atoms with van der Waals surface area (Å²) >= 11 is 0. The maximum atomic E-state index is 6.07. The molecule has 8 heteroatoms. The first-order chi connectivity index (χ1) is 17.7. The van der Waals surface area contributed by atoms with Crippen molar-refractivity contribution in [3.05, 3.63) is 66.3 Å². The second-order valence-electron chi connectivity index (χ2n) is 8.99. The molecule has 0 aliphatic rings. The lowest BCUT2D eigenvalue weighted by molar-refractivity contribution is 0.562. The molecule has 0 saturated heterocycles. The molecule has 3 aromatic heterocycles. The van der Waals surface area contributed by atoms with Gasteiger partial charge in [-0.15, -0.1) is 0 Å². The van der Waals surface area contributed by atoms with Crippen LogP contribution in [0, 0.1) is 6.92 Å². The van der Waals surface area contributed by atoms with Crippen LogP contribution in [0.15, 0.2) is 53.2 Å². The molecule has 2 aromatic carbocycles. The number of nitrogens with one attached hydrogen (secondary N) is 4.